The van der Waals surface area contributed by atoms with Gasteiger partial charge in [0.2, 0.25) is 0 Å². The summed E-state index contributed by atoms with van der Waals surface area (Å²) in [6, 6.07) is 10.7. The van der Waals surface area contributed by atoms with E-state index in [0.29, 0.717) is 41.1 Å². The number of hydrogen-bond acceptors (Lipinski definition) is 10. The van der Waals surface area contributed by atoms with Gasteiger partial charge < -0.3 is 30.4 Å². The van der Waals surface area contributed by atoms with Crippen LogP contribution in [0, 0.1) is 0 Å². The van der Waals surface area contributed by atoms with Crippen LogP contribution in [0.25, 0.3) is 32.9 Å². The van der Waals surface area contributed by atoms with Gasteiger partial charge in [0.15, 0.2) is 11.5 Å². The van der Waals surface area contributed by atoms with E-state index in [1.807, 2.05) is 24.3 Å². The van der Waals surface area contributed by atoms with Gasteiger partial charge >= 0.3 is 0 Å². The Morgan fingerprint density at radius 1 is 0.784 bits per heavy atom. The average Bonchev–Trinajstić information content (AvgIpc) is 2.94. The van der Waals surface area contributed by atoms with E-state index in [1.165, 1.54) is 0 Å². The lowest BCUT2D eigenvalue weighted by Crippen LogP contribution is -2.34. The summed E-state index contributed by atoms with van der Waals surface area (Å²) < 4.78 is 22.5. The van der Waals surface area contributed by atoms with Crippen molar-refractivity contribution in [3.63, 3.8) is 0 Å². The smallest absolute Gasteiger partial charge is 0.162 e. The summed E-state index contributed by atoms with van der Waals surface area (Å²) in [7, 11) is 3.19. The molecule has 0 aliphatic carbocycles. The van der Waals surface area contributed by atoms with Crippen LogP contribution >= 0.6 is 0 Å². The molecule has 0 saturated heterocycles. The quantitative estimate of drug-likeness (QED) is 0.289. The lowest BCUT2D eigenvalue weighted by molar-refractivity contribution is 0.220. The standard InChI is InChI=1S/C27H26N6O4/c1-34-25-9-21-20-8-23(33-27(29)22(20)13-32-24(21)10-26(25)35-2)16-7-19(12-31-11-16)37-15-17(28)14-36-18-3-5-30-6-4-18/h3-13,17H,14-15,28H2,1-2H3,(H2,29,33)/t17-/m0/s1. The van der Waals surface area contributed by atoms with Crippen molar-refractivity contribution in [3.8, 4) is 34.3 Å². The molecule has 5 rings (SSSR count). The molecule has 0 fully saturated rings. The summed E-state index contributed by atoms with van der Waals surface area (Å²) in [4.78, 5) is 17.4. The maximum atomic E-state index is 6.34. The third-order valence-corrected chi connectivity index (χ3v) is 5.80. The molecule has 10 nitrogen and oxygen atoms in total. The second kappa shape index (κ2) is 10.5. The Hall–Kier alpha value is -4.70. The van der Waals surface area contributed by atoms with Gasteiger partial charge in [0.05, 0.1) is 37.7 Å². The summed E-state index contributed by atoms with van der Waals surface area (Å²) in [5.41, 5.74) is 14.6. The van der Waals surface area contributed by atoms with Crippen LogP contribution in [0.2, 0.25) is 0 Å². The molecule has 188 valence electrons. The third kappa shape index (κ3) is 5.14. The topological polar surface area (TPSA) is 141 Å². The van der Waals surface area contributed by atoms with Crippen LogP contribution in [0.1, 0.15) is 0 Å². The van der Waals surface area contributed by atoms with Gasteiger partial charge in [0.25, 0.3) is 0 Å². The molecule has 4 N–H and O–H groups in total. The summed E-state index contributed by atoms with van der Waals surface area (Å²) in [6.07, 6.45) is 8.37. The fourth-order valence-corrected chi connectivity index (χ4v) is 3.93. The molecule has 4 heterocycles. The molecule has 1 aromatic carbocycles. The first-order chi connectivity index (χ1) is 18.1. The molecular weight excluding hydrogens is 472 g/mol. The minimum atomic E-state index is -0.336. The van der Waals surface area contributed by atoms with E-state index in [9.17, 15) is 0 Å². The van der Waals surface area contributed by atoms with Crippen LogP contribution in [-0.4, -0.2) is 53.4 Å². The molecule has 37 heavy (non-hydrogen) atoms. The third-order valence-electron chi connectivity index (χ3n) is 5.80. The van der Waals surface area contributed by atoms with Crippen LogP contribution in [0.5, 0.6) is 23.0 Å². The fourth-order valence-electron chi connectivity index (χ4n) is 3.93. The number of nitrogen functional groups attached to an aromatic ring is 1. The van der Waals surface area contributed by atoms with Crippen LogP contribution in [-0.2, 0) is 0 Å². The Morgan fingerprint density at radius 2 is 1.51 bits per heavy atom. The Kier molecular flexibility index (Phi) is 6.82. The van der Waals surface area contributed by atoms with Crippen molar-refractivity contribution >= 4 is 27.5 Å². The first-order valence-corrected chi connectivity index (χ1v) is 11.5. The van der Waals surface area contributed by atoms with E-state index in [0.717, 1.165) is 27.2 Å². The van der Waals surface area contributed by atoms with Crippen molar-refractivity contribution in [2.75, 3.05) is 33.2 Å². The summed E-state index contributed by atoms with van der Waals surface area (Å²) >= 11 is 0. The maximum absolute atomic E-state index is 6.34. The number of nitrogens with two attached hydrogens (primary N) is 2. The van der Waals surface area contributed by atoms with Crippen molar-refractivity contribution in [2.45, 2.75) is 6.04 Å². The molecule has 0 aliphatic heterocycles. The SMILES string of the molecule is COc1cc2ncc3c(N)nc(-c4cncc(OC[C@@H](N)COc5ccncc5)c4)cc3c2cc1OC. The van der Waals surface area contributed by atoms with Crippen LogP contribution in [0.4, 0.5) is 5.82 Å². The highest BCUT2D eigenvalue weighted by atomic mass is 16.5. The van der Waals surface area contributed by atoms with Crippen LogP contribution in [0.15, 0.2) is 67.4 Å². The summed E-state index contributed by atoms with van der Waals surface area (Å²) in [5.74, 6) is 2.82. The number of benzene rings is 1. The first-order valence-electron chi connectivity index (χ1n) is 11.5. The van der Waals surface area contributed by atoms with E-state index < -0.39 is 0 Å². The normalized spacial score (nSPS) is 11.9. The van der Waals surface area contributed by atoms with Gasteiger partial charge in [-0.2, -0.15) is 0 Å². The molecular formula is C27H26N6O4. The predicted molar refractivity (Wildman–Crippen MR) is 141 cm³/mol. The minimum absolute atomic E-state index is 0.251. The van der Waals surface area contributed by atoms with Crippen molar-refractivity contribution in [3.05, 3.63) is 67.4 Å². The highest BCUT2D eigenvalue weighted by Gasteiger charge is 2.14. The molecule has 0 bridgehead atoms. The second-order valence-corrected chi connectivity index (χ2v) is 8.31. The van der Waals surface area contributed by atoms with Crippen LogP contribution < -0.4 is 30.4 Å². The Morgan fingerprint density at radius 3 is 2.27 bits per heavy atom. The van der Waals surface area contributed by atoms with Gasteiger partial charge in [-0.1, -0.05) is 0 Å². The van der Waals surface area contributed by atoms with E-state index in [-0.39, 0.29) is 12.6 Å². The number of hydrogen-bond donors (Lipinski definition) is 2. The van der Waals surface area contributed by atoms with Crippen molar-refractivity contribution < 1.29 is 18.9 Å². The number of ether oxygens (including phenoxy) is 4. The number of methoxy groups -OCH3 is 2. The first kappa shape index (κ1) is 24.0. The van der Waals surface area contributed by atoms with Gasteiger partial charge in [-0.15, -0.1) is 0 Å². The molecule has 10 heteroatoms. The van der Waals surface area contributed by atoms with E-state index in [4.69, 9.17) is 30.4 Å². The Balaban J connectivity index is 1.40. The number of anilines is 1. The zero-order valence-electron chi connectivity index (χ0n) is 20.4. The van der Waals surface area contributed by atoms with Gasteiger partial charge in [0, 0.05) is 47.2 Å². The van der Waals surface area contributed by atoms with Crippen molar-refractivity contribution in [1.29, 1.82) is 0 Å². The highest BCUT2D eigenvalue weighted by molar-refractivity contribution is 6.10. The number of aromatic nitrogens is 4. The largest absolute Gasteiger partial charge is 0.493 e. The second-order valence-electron chi connectivity index (χ2n) is 8.31. The fraction of sp³-hybridized carbons (Fsp3) is 0.185. The summed E-state index contributed by atoms with van der Waals surface area (Å²) in [5, 5.41) is 2.49. The number of nitrogens with zero attached hydrogens (tertiary/aromatic N) is 4. The monoisotopic (exact) mass is 498 g/mol. The van der Waals surface area contributed by atoms with E-state index in [2.05, 4.69) is 19.9 Å². The molecule has 0 spiro atoms. The Labute approximate surface area is 213 Å². The van der Waals surface area contributed by atoms with Gasteiger partial charge in [-0.3, -0.25) is 15.0 Å². The van der Waals surface area contributed by atoms with Gasteiger partial charge in [0.1, 0.15) is 30.5 Å². The molecule has 0 amide bonds. The van der Waals surface area contributed by atoms with Crippen LogP contribution in [0.3, 0.4) is 0 Å². The molecule has 1 atom stereocenters. The molecule has 0 unspecified atom stereocenters. The highest BCUT2D eigenvalue weighted by Crippen LogP contribution is 2.37. The molecule has 0 saturated carbocycles. The van der Waals surface area contributed by atoms with Gasteiger partial charge in [-0.25, -0.2) is 4.98 Å². The number of pyridine rings is 4. The molecule has 4 aromatic heterocycles. The number of rotatable bonds is 9. The number of fused-ring (bicyclic) bond motifs is 3. The summed E-state index contributed by atoms with van der Waals surface area (Å²) in [6.45, 7) is 0.552. The average molecular weight is 499 g/mol. The lowest BCUT2D eigenvalue weighted by atomic mass is 10.0. The van der Waals surface area contributed by atoms with Crippen molar-refractivity contribution in [1.82, 2.24) is 19.9 Å². The Bertz CT molecular complexity index is 1550. The van der Waals surface area contributed by atoms with E-state index >= 15 is 0 Å². The van der Waals surface area contributed by atoms with Gasteiger partial charge in [-0.05, 0) is 35.7 Å². The lowest BCUT2D eigenvalue weighted by Gasteiger charge is -2.15. The molecule has 0 aliphatic rings. The predicted octanol–water partition coefficient (Wildman–Crippen LogP) is 3.62. The zero-order chi connectivity index (χ0) is 25.8. The van der Waals surface area contributed by atoms with Crippen molar-refractivity contribution in [2.24, 2.45) is 5.73 Å². The maximum Gasteiger partial charge on any atom is 0.162 e. The molecule has 0 radical (unpaired) electrons. The zero-order valence-corrected chi connectivity index (χ0v) is 20.4. The minimum Gasteiger partial charge on any atom is -0.493 e. The molecule has 5 aromatic rings. The van der Waals surface area contributed by atoms with E-state index in [1.54, 1.807) is 57.3 Å².